The molecule has 0 fully saturated rings. The van der Waals surface area contributed by atoms with Crippen molar-refractivity contribution < 1.29 is 8.78 Å². The summed E-state index contributed by atoms with van der Waals surface area (Å²) in [5, 5.41) is 2.69. The maximum atomic E-state index is 13.4. The van der Waals surface area contributed by atoms with E-state index in [1.54, 1.807) is 31.1 Å². The van der Waals surface area contributed by atoms with Crippen LogP contribution in [-0.2, 0) is 6.54 Å². The SMILES string of the molecule is CCSc1cnc(CNc2nc3c(C)nc(Cl)nc3n(C(C)C(F)F)c2=O)nc1. The summed E-state index contributed by atoms with van der Waals surface area (Å²) in [4.78, 5) is 34.4. The van der Waals surface area contributed by atoms with Gasteiger partial charge >= 0.3 is 0 Å². The van der Waals surface area contributed by atoms with Gasteiger partial charge in [0.25, 0.3) is 12.0 Å². The first-order valence-electron chi connectivity index (χ1n) is 8.74. The Kier molecular flexibility index (Phi) is 6.58. The van der Waals surface area contributed by atoms with Gasteiger partial charge in [-0.2, -0.15) is 4.98 Å². The zero-order valence-corrected chi connectivity index (χ0v) is 17.4. The quantitative estimate of drug-likeness (QED) is 0.439. The number of hydrogen-bond acceptors (Lipinski definition) is 8. The Bertz CT molecular complexity index is 1080. The second kappa shape index (κ2) is 8.95. The molecule has 0 saturated heterocycles. The van der Waals surface area contributed by atoms with Gasteiger partial charge in [0, 0.05) is 17.3 Å². The van der Waals surface area contributed by atoms with Crippen LogP contribution in [-0.4, -0.2) is 41.7 Å². The summed E-state index contributed by atoms with van der Waals surface area (Å²) in [6, 6.07) is -1.43. The Morgan fingerprint density at radius 1 is 1.24 bits per heavy atom. The normalized spacial score (nSPS) is 12.5. The lowest BCUT2D eigenvalue weighted by Gasteiger charge is -2.18. The minimum Gasteiger partial charge on any atom is -0.358 e. The van der Waals surface area contributed by atoms with E-state index in [-0.39, 0.29) is 28.8 Å². The van der Waals surface area contributed by atoms with Gasteiger partial charge in [0.1, 0.15) is 11.3 Å². The number of anilines is 1. The lowest BCUT2D eigenvalue weighted by atomic mass is 10.3. The Hall–Kier alpha value is -2.40. The highest BCUT2D eigenvalue weighted by molar-refractivity contribution is 7.99. The molecule has 0 radical (unpaired) electrons. The van der Waals surface area contributed by atoms with Crippen molar-refractivity contribution in [3.8, 4) is 0 Å². The van der Waals surface area contributed by atoms with Crippen molar-refractivity contribution in [2.24, 2.45) is 0 Å². The van der Waals surface area contributed by atoms with Crippen molar-refractivity contribution in [3.63, 3.8) is 0 Å². The summed E-state index contributed by atoms with van der Waals surface area (Å²) in [7, 11) is 0. The number of thioether (sulfide) groups is 1. The fourth-order valence-corrected chi connectivity index (χ4v) is 3.43. The van der Waals surface area contributed by atoms with Crippen LogP contribution in [0.4, 0.5) is 14.6 Å². The molecular formula is C17H18ClF2N7OS. The molecule has 8 nitrogen and oxygen atoms in total. The van der Waals surface area contributed by atoms with Gasteiger partial charge in [0.05, 0.1) is 18.3 Å². The molecule has 154 valence electrons. The predicted molar refractivity (Wildman–Crippen MR) is 108 cm³/mol. The molecule has 0 spiro atoms. The largest absolute Gasteiger partial charge is 0.358 e. The van der Waals surface area contributed by atoms with Crippen LogP contribution >= 0.6 is 23.4 Å². The average molecular weight is 442 g/mol. The zero-order valence-electron chi connectivity index (χ0n) is 15.9. The standard InChI is InChI=1S/C17H18ClF2N7OS/c1-4-29-10-5-21-11(22-6-10)7-23-14-16(28)27(9(3)13(19)20)15-12(25-14)8(2)24-17(18)26-15/h5-6,9,13H,4,7H2,1-3H3,(H,23,25). The van der Waals surface area contributed by atoms with Crippen molar-refractivity contribution in [3.05, 3.63) is 39.5 Å². The number of halogens is 3. The molecular weight excluding hydrogens is 424 g/mol. The third-order valence-electron chi connectivity index (χ3n) is 4.06. The number of aromatic nitrogens is 6. The summed E-state index contributed by atoms with van der Waals surface area (Å²) < 4.78 is 27.7. The maximum absolute atomic E-state index is 13.4. The Labute approximate surface area is 174 Å². The summed E-state index contributed by atoms with van der Waals surface area (Å²) in [6.45, 7) is 4.97. The molecule has 0 aliphatic carbocycles. The molecule has 1 atom stereocenters. The van der Waals surface area contributed by atoms with Crippen LogP contribution in [0.1, 0.15) is 31.4 Å². The van der Waals surface area contributed by atoms with Gasteiger partial charge in [0.2, 0.25) is 5.28 Å². The Balaban J connectivity index is 2.01. The van der Waals surface area contributed by atoms with E-state index in [4.69, 9.17) is 11.6 Å². The summed E-state index contributed by atoms with van der Waals surface area (Å²) in [5.41, 5.74) is -0.198. The highest BCUT2D eigenvalue weighted by atomic mass is 35.5. The first-order chi connectivity index (χ1) is 13.8. The Morgan fingerprint density at radius 2 is 1.93 bits per heavy atom. The minimum absolute atomic E-state index is 0.0388. The molecule has 0 aromatic carbocycles. The number of aryl methyl sites for hydroxylation is 1. The molecule has 3 aromatic heterocycles. The van der Waals surface area contributed by atoms with E-state index < -0.39 is 18.0 Å². The number of rotatable bonds is 7. The van der Waals surface area contributed by atoms with Crippen molar-refractivity contribution in [2.75, 3.05) is 11.1 Å². The molecule has 0 amide bonds. The van der Waals surface area contributed by atoms with Crippen LogP contribution in [0.5, 0.6) is 0 Å². The average Bonchev–Trinajstić information content (AvgIpc) is 2.67. The molecule has 3 heterocycles. The first kappa shape index (κ1) is 21.3. The van der Waals surface area contributed by atoms with E-state index in [1.807, 2.05) is 6.92 Å². The van der Waals surface area contributed by atoms with Gasteiger partial charge < -0.3 is 5.32 Å². The van der Waals surface area contributed by atoms with Crippen LogP contribution < -0.4 is 10.9 Å². The second-order valence-electron chi connectivity index (χ2n) is 6.08. The van der Waals surface area contributed by atoms with Gasteiger partial charge in [-0.1, -0.05) is 6.92 Å². The number of fused-ring (bicyclic) bond motifs is 1. The van der Waals surface area contributed by atoms with E-state index in [1.165, 1.54) is 6.92 Å². The van der Waals surface area contributed by atoms with Crippen LogP contribution in [0.3, 0.4) is 0 Å². The van der Waals surface area contributed by atoms with Crippen molar-refractivity contribution in [1.82, 2.24) is 29.5 Å². The fourth-order valence-electron chi connectivity index (χ4n) is 2.63. The molecule has 0 aliphatic rings. The summed E-state index contributed by atoms with van der Waals surface area (Å²) in [5.74, 6) is 1.22. The topological polar surface area (TPSA) is 98.5 Å². The molecule has 1 N–H and O–H groups in total. The van der Waals surface area contributed by atoms with E-state index >= 15 is 0 Å². The molecule has 0 saturated carbocycles. The third kappa shape index (κ3) is 4.61. The van der Waals surface area contributed by atoms with E-state index in [2.05, 4.69) is 30.2 Å². The molecule has 12 heteroatoms. The highest BCUT2D eigenvalue weighted by Crippen LogP contribution is 2.22. The van der Waals surface area contributed by atoms with Crippen LogP contribution in [0.15, 0.2) is 22.1 Å². The van der Waals surface area contributed by atoms with Gasteiger partial charge in [-0.3, -0.25) is 9.36 Å². The molecule has 3 rings (SSSR count). The monoisotopic (exact) mass is 441 g/mol. The molecule has 3 aromatic rings. The molecule has 29 heavy (non-hydrogen) atoms. The van der Waals surface area contributed by atoms with Crippen molar-refractivity contribution in [1.29, 1.82) is 0 Å². The third-order valence-corrected chi connectivity index (χ3v) is 5.07. The van der Waals surface area contributed by atoms with E-state index in [0.29, 0.717) is 11.5 Å². The van der Waals surface area contributed by atoms with Crippen LogP contribution in [0, 0.1) is 6.92 Å². The molecule has 1 unspecified atom stereocenters. The van der Waals surface area contributed by atoms with Gasteiger partial charge in [-0.05, 0) is 31.2 Å². The zero-order chi connectivity index (χ0) is 21.1. The van der Waals surface area contributed by atoms with Gasteiger partial charge in [-0.15, -0.1) is 11.8 Å². The first-order valence-corrected chi connectivity index (χ1v) is 10.1. The van der Waals surface area contributed by atoms with E-state index in [0.717, 1.165) is 15.2 Å². The lowest BCUT2D eigenvalue weighted by molar-refractivity contribution is 0.0916. The van der Waals surface area contributed by atoms with E-state index in [9.17, 15) is 13.6 Å². The second-order valence-corrected chi connectivity index (χ2v) is 7.76. The number of hydrogen-bond donors (Lipinski definition) is 1. The minimum atomic E-state index is -2.79. The number of nitrogens with one attached hydrogen (secondary N) is 1. The maximum Gasteiger partial charge on any atom is 0.295 e. The lowest BCUT2D eigenvalue weighted by Crippen LogP contribution is -2.31. The van der Waals surface area contributed by atoms with Crippen LogP contribution in [0.2, 0.25) is 5.28 Å². The fraction of sp³-hybridized carbons (Fsp3) is 0.412. The number of nitrogens with zero attached hydrogens (tertiary/aromatic N) is 6. The predicted octanol–water partition coefficient (Wildman–Crippen LogP) is 3.49. The number of alkyl halides is 2. The summed E-state index contributed by atoms with van der Waals surface area (Å²) in [6.07, 6.45) is 0.582. The molecule has 0 aliphatic heterocycles. The summed E-state index contributed by atoms with van der Waals surface area (Å²) >= 11 is 7.47. The van der Waals surface area contributed by atoms with Crippen LogP contribution in [0.25, 0.3) is 11.2 Å². The Morgan fingerprint density at radius 3 is 2.55 bits per heavy atom. The smallest absolute Gasteiger partial charge is 0.295 e. The highest BCUT2D eigenvalue weighted by Gasteiger charge is 2.24. The van der Waals surface area contributed by atoms with Crippen molar-refractivity contribution in [2.45, 2.75) is 44.7 Å². The van der Waals surface area contributed by atoms with Crippen molar-refractivity contribution >= 4 is 40.3 Å². The molecule has 0 bridgehead atoms. The van der Waals surface area contributed by atoms with Gasteiger partial charge in [0.15, 0.2) is 11.5 Å². The van der Waals surface area contributed by atoms with Gasteiger partial charge in [-0.25, -0.2) is 28.7 Å².